The first-order valence-corrected chi connectivity index (χ1v) is 14.1. The molecule has 0 radical (unpaired) electrons. The lowest BCUT2D eigenvalue weighted by Crippen LogP contribution is -2.33. The van der Waals surface area contributed by atoms with Gasteiger partial charge in [0.2, 0.25) is 17.7 Å². The van der Waals surface area contributed by atoms with E-state index in [4.69, 9.17) is 0 Å². The summed E-state index contributed by atoms with van der Waals surface area (Å²) in [5, 5.41) is 1.82. The minimum Gasteiger partial charge on any atom is -0.325 e. The molecular formula is C28H18F4N4O4S2. The first-order valence-electron chi connectivity index (χ1n) is 12.4. The molecule has 42 heavy (non-hydrogen) atoms. The normalized spacial score (nSPS) is 19.9. The second kappa shape index (κ2) is 10.5. The predicted molar refractivity (Wildman–Crippen MR) is 147 cm³/mol. The highest BCUT2D eigenvalue weighted by atomic mass is 32.2. The molecule has 2 aromatic heterocycles. The van der Waals surface area contributed by atoms with Crippen LogP contribution < -0.4 is 15.1 Å². The highest BCUT2D eigenvalue weighted by molar-refractivity contribution is 8.00. The predicted octanol–water partition coefficient (Wildman–Crippen LogP) is 4.90. The van der Waals surface area contributed by atoms with E-state index < -0.39 is 63.8 Å². The highest BCUT2D eigenvalue weighted by Crippen LogP contribution is 2.54. The Balaban J connectivity index is 1.39. The van der Waals surface area contributed by atoms with Gasteiger partial charge >= 0.3 is 11.0 Å². The van der Waals surface area contributed by atoms with E-state index in [-0.39, 0.29) is 5.69 Å². The van der Waals surface area contributed by atoms with Gasteiger partial charge in [-0.25, -0.2) is 9.29 Å². The van der Waals surface area contributed by atoms with E-state index in [0.29, 0.717) is 21.2 Å². The number of pyridine rings is 1. The van der Waals surface area contributed by atoms with Crippen molar-refractivity contribution in [2.45, 2.75) is 28.9 Å². The Labute approximate surface area is 243 Å². The summed E-state index contributed by atoms with van der Waals surface area (Å²) in [6.45, 7) is -0.425. The molecule has 14 heteroatoms. The van der Waals surface area contributed by atoms with Crippen LogP contribution >= 0.6 is 23.1 Å². The van der Waals surface area contributed by atoms with Crippen LogP contribution in [0.25, 0.3) is 0 Å². The fourth-order valence-electron chi connectivity index (χ4n) is 5.13. The fourth-order valence-corrected chi connectivity index (χ4v) is 7.90. The number of hydrogen-bond acceptors (Lipinski definition) is 7. The molecule has 6 rings (SSSR count). The fraction of sp³-hybridized carbons (Fsp3) is 0.179. The molecular weight excluding hydrogens is 596 g/mol. The van der Waals surface area contributed by atoms with Gasteiger partial charge in [-0.2, -0.15) is 13.2 Å². The Hall–Kier alpha value is -4.30. The number of halogens is 4. The van der Waals surface area contributed by atoms with E-state index in [9.17, 15) is 36.7 Å². The Bertz CT molecular complexity index is 1770. The summed E-state index contributed by atoms with van der Waals surface area (Å²) < 4.78 is 54.7. The summed E-state index contributed by atoms with van der Waals surface area (Å²) in [5.41, 5.74) is -0.371. The van der Waals surface area contributed by atoms with Crippen LogP contribution in [-0.2, 0) is 27.1 Å². The summed E-state index contributed by atoms with van der Waals surface area (Å²) in [5.74, 6) is -4.34. The third-order valence-corrected chi connectivity index (χ3v) is 9.56. The summed E-state index contributed by atoms with van der Waals surface area (Å²) in [6, 6.07) is 12.4. The van der Waals surface area contributed by atoms with E-state index in [1.54, 1.807) is 12.1 Å². The van der Waals surface area contributed by atoms with Gasteiger partial charge in [0.25, 0.3) is 0 Å². The van der Waals surface area contributed by atoms with Crippen LogP contribution in [0.5, 0.6) is 0 Å². The summed E-state index contributed by atoms with van der Waals surface area (Å²) in [6.07, 6.45) is -1.66. The number of thioether (sulfide) groups is 1. The number of nitrogens with one attached hydrogen (secondary N) is 1. The van der Waals surface area contributed by atoms with Crippen molar-refractivity contribution in [1.82, 2.24) is 9.55 Å². The van der Waals surface area contributed by atoms with E-state index in [2.05, 4.69) is 10.3 Å². The lowest BCUT2D eigenvalue weighted by molar-refractivity contribution is -0.137. The molecule has 4 heterocycles. The van der Waals surface area contributed by atoms with Gasteiger partial charge in [0, 0.05) is 28.9 Å². The van der Waals surface area contributed by atoms with Crippen LogP contribution in [0, 0.1) is 11.7 Å². The van der Waals surface area contributed by atoms with E-state index >= 15 is 0 Å². The monoisotopic (exact) mass is 614 g/mol. The van der Waals surface area contributed by atoms with Crippen LogP contribution in [0.4, 0.5) is 28.9 Å². The number of aromatic nitrogens is 2. The van der Waals surface area contributed by atoms with Crippen LogP contribution in [0.15, 0.2) is 82.9 Å². The number of nitrogens with zero attached hydrogens (tertiary/aromatic N) is 3. The van der Waals surface area contributed by atoms with Crippen molar-refractivity contribution < 1.29 is 31.9 Å². The Morgan fingerprint density at radius 3 is 2.45 bits per heavy atom. The number of anilines is 2. The van der Waals surface area contributed by atoms with Crippen molar-refractivity contribution in [2.24, 2.45) is 5.92 Å². The average molecular weight is 615 g/mol. The number of carbonyl (C=O) groups is 3. The second-order valence-corrected chi connectivity index (χ2v) is 11.7. The topological polar surface area (TPSA) is 101 Å². The lowest BCUT2D eigenvalue weighted by Gasteiger charge is -2.30. The molecule has 8 nitrogen and oxygen atoms in total. The summed E-state index contributed by atoms with van der Waals surface area (Å²) in [7, 11) is 0. The Kier molecular flexibility index (Phi) is 6.97. The van der Waals surface area contributed by atoms with Crippen LogP contribution in [-0.4, -0.2) is 32.5 Å². The first kappa shape index (κ1) is 27.8. The van der Waals surface area contributed by atoms with E-state index in [1.807, 2.05) is 0 Å². The quantitative estimate of drug-likeness (QED) is 0.254. The average Bonchev–Trinajstić information content (AvgIpc) is 3.40. The molecule has 2 aliphatic rings. The lowest BCUT2D eigenvalue weighted by atomic mass is 9.84. The smallest absolute Gasteiger partial charge is 0.325 e. The van der Waals surface area contributed by atoms with Gasteiger partial charge < -0.3 is 5.32 Å². The molecule has 3 atom stereocenters. The van der Waals surface area contributed by atoms with Gasteiger partial charge in [0.15, 0.2) is 0 Å². The van der Waals surface area contributed by atoms with Gasteiger partial charge in [-0.1, -0.05) is 35.2 Å². The minimum atomic E-state index is -4.68. The van der Waals surface area contributed by atoms with Crippen molar-refractivity contribution in [3.63, 3.8) is 0 Å². The zero-order valence-electron chi connectivity index (χ0n) is 21.2. The zero-order valence-corrected chi connectivity index (χ0v) is 22.8. The van der Waals surface area contributed by atoms with Gasteiger partial charge in [-0.3, -0.25) is 28.7 Å². The van der Waals surface area contributed by atoms with Crippen molar-refractivity contribution in [3.8, 4) is 0 Å². The molecule has 1 fully saturated rings. The highest BCUT2D eigenvalue weighted by Gasteiger charge is 2.57. The maximum absolute atomic E-state index is 13.8. The summed E-state index contributed by atoms with van der Waals surface area (Å²) in [4.78, 5) is 58.4. The molecule has 4 aromatic rings. The number of rotatable bonds is 5. The van der Waals surface area contributed by atoms with Crippen molar-refractivity contribution in [1.29, 1.82) is 0 Å². The largest absolute Gasteiger partial charge is 0.416 e. The molecule has 0 aliphatic carbocycles. The molecule has 214 valence electrons. The maximum Gasteiger partial charge on any atom is 0.416 e. The molecule has 0 saturated carbocycles. The van der Waals surface area contributed by atoms with Crippen LogP contribution in [0.3, 0.4) is 0 Å². The zero-order chi connectivity index (χ0) is 29.8. The maximum atomic E-state index is 13.8. The number of fused-ring (bicyclic) bond motifs is 2. The molecule has 3 amide bonds. The molecule has 2 aliphatic heterocycles. The molecule has 2 aromatic carbocycles. The minimum absolute atomic E-state index is 0.209. The number of amides is 3. The number of thiazole rings is 1. The Morgan fingerprint density at radius 2 is 1.76 bits per heavy atom. The molecule has 0 unspecified atom stereocenters. The number of alkyl halides is 3. The molecule has 0 spiro atoms. The van der Waals surface area contributed by atoms with Gasteiger partial charge in [-0.05, 0) is 54.1 Å². The standard InChI is InChI=1S/C28H18F4N4O4S2/c29-16-6-8-17(9-7-16)34-19(37)13-35-26-23(42-27(35)40)20(14-3-2-10-33-12-14)21-22(41-26)25(39)36(24(21)38)18-5-1-4-15(11-18)28(30,31)32/h1-12,20-22H,13H2,(H,34,37)/t20-,21-,22+/m0/s1. The number of imide groups is 1. The molecule has 1 N–H and O–H groups in total. The van der Waals surface area contributed by atoms with Gasteiger partial charge in [0.05, 0.1) is 22.2 Å². The Morgan fingerprint density at radius 1 is 1.00 bits per heavy atom. The third-order valence-electron chi connectivity index (χ3n) is 6.95. The van der Waals surface area contributed by atoms with E-state index in [0.717, 1.165) is 46.2 Å². The van der Waals surface area contributed by atoms with Crippen LogP contribution in [0.1, 0.15) is 21.9 Å². The van der Waals surface area contributed by atoms with Gasteiger partial charge in [-0.15, -0.1) is 0 Å². The second-order valence-electron chi connectivity index (χ2n) is 9.57. The van der Waals surface area contributed by atoms with E-state index in [1.165, 1.54) is 47.3 Å². The third kappa shape index (κ3) is 4.90. The number of hydrogen-bond donors (Lipinski definition) is 1. The van der Waals surface area contributed by atoms with Crippen LogP contribution in [0.2, 0.25) is 0 Å². The van der Waals surface area contributed by atoms with Gasteiger partial charge in [0.1, 0.15) is 17.6 Å². The van der Waals surface area contributed by atoms with Crippen molar-refractivity contribution >= 4 is 52.2 Å². The number of benzene rings is 2. The summed E-state index contributed by atoms with van der Waals surface area (Å²) >= 11 is 1.76. The van der Waals surface area contributed by atoms with Crippen molar-refractivity contribution in [3.05, 3.63) is 105 Å². The molecule has 0 bridgehead atoms. The van der Waals surface area contributed by atoms with Crippen molar-refractivity contribution in [2.75, 3.05) is 10.2 Å². The first-order chi connectivity index (χ1) is 20.0. The number of carbonyl (C=O) groups excluding carboxylic acids is 3. The molecule has 1 saturated heterocycles. The SMILES string of the molecule is O=C(Cn1c2c(sc1=O)[C@@H](c1cccnc1)[C@@H]1C(=O)N(c3cccc(C(F)(F)F)c3)C(=O)[C@@H]1S2)Nc1ccc(F)cc1.